The third-order valence-corrected chi connectivity index (χ3v) is 2.79. The van der Waals surface area contributed by atoms with Gasteiger partial charge in [-0.1, -0.05) is 6.07 Å². The summed E-state index contributed by atoms with van der Waals surface area (Å²) in [4.78, 5) is 32.7. The second kappa shape index (κ2) is 7.73. The summed E-state index contributed by atoms with van der Waals surface area (Å²) in [5, 5.41) is 13.1. The number of nitrogens with one attached hydrogen (secondary N) is 1. The molecule has 0 aliphatic heterocycles. The zero-order valence-electron chi connectivity index (χ0n) is 12.7. The number of nitro groups is 1. The van der Waals surface area contributed by atoms with Crippen molar-refractivity contribution in [2.45, 2.75) is 6.92 Å². The molecule has 1 amide bonds. The van der Waals surface area contributed by atoms with Crippen LogP contribution in [0.25, 0.3) is 0 Å². The van der Waals surface area contributed by atoms with Gasteiger partial charge in [-0.3, -0.25) is 14.9 Å². The topological polar surface area (TPSA) is 108 Å². The standard InChI is InChI=1S/C16H14N2O6/c1-11(19)17-12-3-2-4-15(9-12)23-10-16(20)24-14-7-5-13(6-8-14)18(21)22/h2-9H,10H2,1H3,(H,17,19). The lowest BCUT2D eigenvalue weighted by Gasteiger charge is -2.08. The number of nitrogens with zero attached hydrogens (tertiary/aromatic N) is 1. The maximum atomic E-state index is 11.7. The number of non-ortho nitro benzene ring substituents is 1. The summed E-state index contributed by atoms with van der Waals surface area (Å²) < 4.78 is 10.3. The molecule has 0 bridgehead atoms. The number of esters is 1. The van der Waals surface area contributed by atoms with Crippen molar-refractivity contribution < 1.29 is 24.0 Å². The average molecular weight is 330 g/mol. The number of carbonyl (C=O) groups excluding carboxylic acids is 2. The molecule has 24 heavy (non-hydrogen) atoms. The highest BCUT2D eigenvalue weighted by molar-refractivity contribution is 5.88. The van der Waals surface area contributed by atoms with Gasteiger partial charge in [-0.2, -0.15) is 0 Å². The molecule has 0 fully saturated rings. The number of amides is 1. The van der Waals surface area contributed by atoms with E-state index in [1.807, 2.05) is 0 Å². The van der Waals surface area contributed by atoms with E-state index in [4.69, 9.17) is 9.47 Å². The summed E-state index contributed by atoms with van der Waals surface area (Å²) in [6.07, 6.45) is 0. The maximum absolute atomic E-state index is 11.7. The minimum absolute atomic E-state index is 0.0964. The highest BCUT2D eigenvalue weighted by Crippen LogP contribution is 2.19. The molecule has 0 heterocycles. The SMILES string of the molecule is CC(=O)Nc1cccc(OCC(=O)Oc2ccc([N+](=O)[O-])cc2)c1. The molecule has 0 saturated heterocycles. The van der Waals surface area contributed by atoms with Gasteiger partial charge in [0.05, 0.1) is 4.92 Å². The molecule has 1 N–H and O–H groups in total. The van der Waals surface area contributed by atoms with E-state index in [0.717, 1.165) is 0 Å². The third-order valence-electron chi connectivity index (χ3n) is 2.79. The molecule has 0 spiro atoms. The van der Waals surface area contributed by atoms with Crippen molar-refractivity contribution in [3.05, 3.63) is 58.6 Å². The third kappa shape index (κ3) is 5.09. The van der Waals surface area contributed by atoms with Crippen LogP contribution in [0.2, 0.25) is 0 Å². The van der Waals surface area contributed by atoms with E-state index in [1.54, 1.807) is 24.3 Å². The number of anilines is 1. The Labute approximate surface area is 137 Å². The van der Waals surface area contributed by atoms with Gasteiger partial charge in [-0.15, -0.1) is 0 Å². The Bertz CT molecular complexity index is 757. The highest BCUT2D eigenvalue weighted by atomic mass is 16.6. The van der Waals surface area contributed by atoms with Crippen LogP contribution in [0.3, 0.4) is 0 Å². The van der Waals surface area contributed by atoms with Crippen LogP contribution in [0.4, 0.5) is 11.4 Å². The van der Waals surface area contributed by atoms with Crippen molar-refractivity contribution in [2.24, 2.45) is 0 Å². The smallest absolute Gasteiger partial charge is 0.349 e. The van der Waals surface area contributed by atoms with Crippen LogP contribution in [0.1, 0.15) is 6.92 Å². The van der Waals surface area contributed by atoms with Crippen LogP contribution >= 0.6 is 0 Å². The van der Waals surface area contributed by atoms with Crippen LogP contribution in [0.5, 0.6) is 11.5 Å². The fraction of sp³-hybridized carbons (Fsp3) is 0.125. The Hall–Kier alpha value is -3.42. The van der Waals surface area contributed by atoms with E-state index < -0.39 is 10.9 Å². The lowest BCUT2D eigenvalue weighted by molar-refractivity contribution is -0.384. The van der Waals surface area contributed by atoms with Gasteiger partial charge in [-0.25, -0.2) is 4.79 Å². The number of benzene rings is 2. The zero-order chi connectivity index (χ0) is 17.5. The van der Waals surface area contributed by atoms with Gasteiger partial charge in [-0.05, 0) is 24.3 Å². The number of rotatable bonds is 6. The lowest BCUT2D eigenvalue weighted by Crippen LogP contribution is -2.17. The predicted molar refractivity (Wildman–Crippen MR) is 85.0 cm³/mol. The van der Waals surface area contributed by atoms with Crippen molar-refractivity contribution in [2.75, 3.05) is 11.9 Å². The summed E-state index contributed by atoms with van der Waals surface area (Å²) >= 11 is 0. The summed E-state index contributed by atoms with van der Waals surface area (Å²) in [5.74, 6) is -0.304. The van der Waals surface area contributed by atoms with Gasteiger partial charge < -0.3 is 14.8 Å². The molecule has 0 aliphatic rings. The second-order valence-electron chi connectivity index (χ2n) is 4.72. The van der Waals surface area contributed by atoms with Gasteiger partial charge >= 0.3 is 5.97 Å². The first-order valence-corrected chi connectivity index (χ1v) is 6.89. The summed E-state index contributed by atoms with van der Waals surface area (Å²) in [5.41, 5.74) is 0.449. The van der Waals surface area contributed by atoms with Crippen LogP contribution in [0.15, 0.2) is 48.5 Å². The van der Waals surface area contributed by atoms with E-state index in [0.29, 0.717) is 11.4 Å². The molecule has 0 saturated carbocycles. The molecule has 8 heteroatoms. The molecule has 124 valence electrons. The normalized spacial score (nSPS) is 9.88. The first kappa shape index (κ1) is 16.9. The largest absolute Gasteiger partial charge is 0.482 e. The predicted octanol–water partition coefficient (Wildman–Crippen LogP) is 2.54. The first-order chi connectivity index (χ1) is 11.4. The minimum atomic E-state index is -0.659. The maximum Gasteiger partial charge on any atom is 0.349 e. The van der Waals surface area contributed by atoms with Gasteiger partial charge in [0.15, 0.2) is 6.61 Å². The van der Waals surface area contributed by atoms with Gasteiger partial charge in [0.2, 0.25) is 5.91 Å². The van der Waals surface area contributed by atoms with E-state index in [2.05, 4.69) is 5.32 Å². The minimum Gasteiger partial charge on any atom is -0.482 e. The molecular weight excluding hydrogens is 316 g/mol. The fourth-order valence-electron chi connectivity index (χ4n) is 1.81. The average Bonchev–Trinajstić information content (AvgIpc) is 2.53. The Morgan fingerprint density at radius 1 is 1.12 bits per heavy atom. The van der Waals surface area contributed by atoms with Crippen molar-refractivity contribution in [1.29, 1.82) is 0 Å². The van der Waals surface area contributed by atoms with Crippen molar-refractivity contribution >= 4 is 23.3 Å². The molecule has 2 aromatic carbocycles. The number of hydrogen-bond acceptors (Lipinski definition) is 6. The van der Waals surface area contributed by atoms with Crippen molar-refractivity contribution in [1.82, 2.24) is 0 Å². The van der Waals surface area contributed by atoms with Gasteiger partial charge in [0.1, 0.15) is 11.5 Å². The van der Waals surface area contributed by atoms with E-state index in [-0.39, 0.29) is 24.0 Å². The molecular formula is C16H14N2O6. The quantitative estimate of drug-likeness (QED) is 0.377. The summed E-state index contributed by atoms with van der Waals surface area (Å²) in [6.45, 7) is 1.04. The zero-order valence-corrected chi connectivity index (χ0v) is 12.7. The summed E-state index contributed by atoms with van der Waals surface area (Å²) in [7, 11) is 0. The fourth-order valence-corrected chi connectivity index (χ4v) is 1.81. The number of nitro benzene ring substituents is 1. The molecule has 0 aliphatic carbocycles. The van der Waals surface area contributed by atoms with Crippen LogP contribution in [-0.2, 0) is 9.59 Å². The molecule has 2 aromatic rings. The Morgan fingerprint density at radius 2 is 1.83 bits per heavy atom. The molecule has 8 nitrogen and oxygen atoms in total. The van der Waals surface area contributed by atoms with Crippen molar-refractivity contribution in [3.8, 4) is 11.5 Å². The Morgan fingerprint density at radius 3 is 2.46 bits per heavy atom. The van der Waals surface area contributed by atoms with E-state index in [9.17, 15) is 19.7 Å². The van der Waals surface area contributed by atoms with Crippen LogP contribution in [-0.4, -0.2) is 23.4 Å². The molecule has 0 atom stereocenters. The first-order valence-electron chi connectivity index (χ1n) is 6.89. The molecule has 2 rings (SSSR count). The van der Waals surface area contributed by atoms with Gasteiger partial charge in [0.25, 0.3) is 5.69 Å². The molecule has 0 aromatic heterocycles. The molecule has 0 radical (unpaired) electrons. The Kier molecular flexibility index (Phi) is 5.45. The monoisotopic (exact) mass is 330 g/mol. The summed E-state index contributed by atoms with van der Waals surface area (Å²) in [6, 6.07) is 11.7. The number of carbonyl (C=O) groups is 2. The van der Waals surface area contributed by atoms with Crippen LogP contribution in [0, 0.1) is 10.1 Å². The lowest BCUT2D eigenvalue weighted by atomic mass is 10.3. The van der Waals surface area contributed by atoms with E-state index >= 15 is 0 Å². The van der Waals surface area contributed by atoms with Crippen molar-refractivity contribution in [3.63, 3.8) is 0 Å². The Balaban J connectivity index is 1.89. The molecule has 0 unspecified atom stereocenters. The highest BCUT2D eigenvalue weighted by Gasteiger charge is 2.09. The van der Waals surface area contributed by atoms with Crippen LogP contribution < -0.4 is 14.8 Å². The van der Waals surface area contributed by atoms with E-state index in [1.165, 1.54) is 31.2 Å². The van der Waals surface area contributed by atoms with Gasteiger partial charge in [0, 0.05) is 30.8 Å². The number of ether oxygens (including phenoxy) is 2. The number of hydrogen-bond donors (Lipinski definition) is 1. The second-order valence-corrected chi connectivity index (χ2v) is 4.72.